The van der Waals surface area contributed by atoms with Crippen molar-refractivity contribution in [2.75, 3.05) is 13.2 Å². The van der Waals surface area contributed by atoms with Crippen molar-refractivity contribution >= 4 is 10.0 Å². The van der Waals surface area contributed by atoms with E-state index in [1.54, 1.807) is 12.1 Å². The monoisotopic (exact) mass is 313 g/mol. The van der Waals surface area contributed by atoms with Crippen molar-refractivity contribution in [1.82, 2.24) is 4.72 Å². The van der Waals surface area contributed by atoms with Gasteiger partial charge in [-0.1, -0.05) is 13.8 Å². The van der Waals surface area contributed by atoms with Crippen molar-refractivity contribution in [2.24, 2.45) is 5.41 Å². The minimum Gasteiger partial charge on any atom is -0.491 e. The van der Waals surface area contributed by atoms with Crippen LogP contribution < -0.4 is 9.46 Å². The highest BCUT2D eigenvalue weighted by Gasteiger charge is 2.33. The van der Waals surface area contributed by atoms with Crippen LogP contribution in [-0.2, 0) is 10.0 Å². The van der Waals surface area contributed by atoms with E-state index in [-0.39, 0.29) is 29.6 Å². The van der Waals surface area contributed by atoms with Gasteiger partial charge in [0.25, 0.3) is 0 Å². The van der Waals surface area contributed by atoms with Crippen LogP contribution in [0.5, 0.6) is 5.75 Å². The molecule has 1 saturated carbocycles. The van der Waals surface area contributed by atoms with Crippen LogP contribution in [0.1, 0.15) is 33.1 Å². The molecule has 0 aliphatic heterocycles. The molecule has 1 aromatic carbocycles. The Hall–Kier alpha value is -1.11. The van der Waals surface area contributed by atoms with Gasteiger partial charge in [-0.3, -0.25) is 0 Å². The number of rotatable bonds is 6. The van der Waals surface area contributed by atoms with Crippen LogP contribution >= 0.6 is 0 Å². The first-order valence-corrected chi connectivity index (χ1v) is 8.67. The lowest BCUT2D eigenvalue weighted by molar-refractivity contribution is 0.201. The molecular formula is C15H23NO4S. The van der Waals surface area contributed by atoms with Gasteiger partial charge in [-0.25, -0.2) is 13.1 Å². The van der Waals surface area contributed by atoms with Gasteiger partial charge in [-0.15, -0.1) is 0 Å². The van der Waals surface area contributed by atoms with Crippen LogP contribution in [0.3, 0.4) is 0 Å². The number of aliphatic hydroxyl groups excluding tert-OH is 1. The minimum absolute atomic E-state index is 0.00955. The zero-order chi connectivity index (χ0) is 15.5. The van der Waals surface area contributed by atoms with Crippen LogP contribution in [0, 0.1) is 5.41 Å². The second-order valence-electron chi connectivity index (χ2n) is 6.27. The maximum atomic E-state index is 12.3. The fraction of sp³-hybridized carbons (Fsp3) is 0.600. The lowest BCUT2D eigenvalue weighted by Crippen LogP contribution is -2.33. The van der Waals surface area contributed by atoms with Crippen molar-refractivity contribution < 1.29 is 18.3 Å². The van der Waals surface area contributed by atoms with Crippen LogP contribution in [0.2, 0.25) is 0 Å². The van der Waals surface area contributed by atoms with E-state index in [1.165, 1.54) is 12.1 Å². The second kappa shape index (κ2) is 6.34. The minimum atomic E-state index is -3.49. The maximum Gasteiger partial charge on any atom is 0.240 e. The Morgan fingerprint density at radius 3 is 2.52 bits per heavy atom. The summed E-state index contributed by atoms with van der Waals surface area (Å²) in [5.41, 5.74) is 0.204. The fourth-order valence-electron chi connectivity index (χ4n) is 2.70. The predicted molar refractivity (Wildman–Crippen MR) is 80.8 cm³/mol. The number of benzene rings is 1. The first-order chi connectivity index (χ1) is 9.82. The number of sulfonamides is 1. The third-order valence-electron chi connectivity index (χ3n) is 3.78. The molecule has 21 heavy (non-hydrogen) atoms. The highest BCUT2D eigenvalue weighted by atomic mass is 32.2. The van der Waals surface area contributed by atoms with E-state index in [4.69, 9.17) is 9.84 Å². The van der Waals surface area contributed by atoms with Crippen molar-refractivity contribution in [3.63, 3.8) is 0 Å². The van der Waals surface area contributed by atoms with E-state index in [0.717, 1.165) is 19.3 Å². The van der Waals surface area contributed by atoms with E-state index in [1.807, 2.05) is 0 Å². The van der Waals surface area contributed by atoms with Gasteiger partial charge in [-0.2, -0.15) is 0 Å². The molecule has 0 saturated heterocycles. The molecule has 0 bridgehead atoms. The van der Waals surface area contributed by atoms with Gasteiger partial charge < -0.3 is 9.84 Å². The largest absolute Gasteiger partial charge is 0.491 e. The summed E-state index contributed by atoms with van der Waals surface area (Å²) in [6.07, 6.45) is 2.78. The van der Waals surface area contributed by atoms with E-state index in [9.17, 15) is 8.42 Å². The molecule has 0 radical (unpaired) electrons. The zero-order valence-corrected chi connectivity index (χ0v) is 13.3. The first-order valence-electron chi connectivity index (χ1n) is 7.18. The number of nitrogens with one attached hydrogen (secondary N) is 1. The smallest absolute Gasteiger partial charge is 0.240 e. The topological polar surface area (TPSA) is 75.6 Å². The van der Waals surface area contributed by atoms with Gasteiger partial charge in [-0.05, 0) is 48.9 Å². The van der Waals surface area contributed by atoms with Crippen molar-refractivity contribution in [3.05, 3.63) is 24.3 Å². The van der Waals surface area contributed by atoms with Crippen LogP contribution in [0.15, 0.2) is 29.2 Å². The third kappa shape index (κ3) is 4.43. The molecule has 6 heteroatoms. The van der Waals surface area contributed by atoms with Crippen molar-refractivity contribution in [2.45, 2.75) is 44.0 Å². The molecule has 1 aliphatic rings. The summed E-state index contributed by atoms with van der Waals surface area (Å²) in [7, 11) is -3.49. The van der Waals surface area contributed by atoms with Crippen LogP contribution in [-0.4, -0.2) is 32.8 Å². The molecule has 1 aromatic rings. The Bertz CT molecular complexity index is 566. The normalized spacial score (nSPS) is 21.4. The summed E-state index contributed by atoms with van der Waals surface area (Å²) in [5.74, 6) is 0.546. The summed E-state index contributed by atoms with van der Waals surface area (Å²) in [6.45, 7) is 4.45. The molecule has 0 amide bonds. The van der Waals surface area contributed by atoms with Gasteiger partial charge in [0.2, 0.25) is 10.0 Å². The molecule has 0 heterocycles. The Labute approximate surface area is 126 Å². The summed E-state index contributed by atoms with van der Waals surface area (Å²) < 4.78 is 32.7. The zero-order valence-electron chi connectivity index (χ0n) is 12.5. The number of hydrogen-bond acceptors (Lipinski definition) is 4. The second-order valence-corrected chi connectivity index (χ2v) is 7.98. The van der Waals surface area contributed by atoms with Gasteiger partial charge in [0.1, 0.15) is 12.4 Å². The highest BCUT2D eigenvalue weighted by Crippen LogP contribution is 2.37. The Morgan fingerprint density at radius 1 is 1.33 bits per heavy atom. The highest BCUT2D eigenvalue weighted by molar-refractivity contribution is 7.89. The molecule has 118 valence electrons. The average molecular weight is 313 g/mol. The molecule has 5 nitrogen and oxygen atoms in total. The van der Waals surface area contributed by atoms with Gasteiger partial charge in [0.15, 0.2) is 0 Å². The standard InChI is InChI=1S/C15H23NO4S/c1-15(2)8-7-12(11-15)16-21(18,19)14-5-3-13(4-6-14)20-10-9-17/h3-6,12,16-17H,7-11H2,1-2H3. The average Bonchev–Trinajstić information content (AvgIpc) is 2.75. The third-order valence-corrected chi connectivity index (χ3v) is 5.32. The molecule has 2 rings (SSSR count). The van der Waals surface area contributed by atoms with Gasteiger partial charge in [0.05, 0.1) is 11.5 Å². The molecular weight excluding hydrogens is 290 g/mol. The lowest BCUT2D eigenvalue weighted by atomic mass is 9.92. The Kier molecular flexibility index (Phi) is 4.91. The Morgan fingerprint density at radius 2 is 2.00 bits per heavy atom. The fourth-order valence-corrected chi connectivity index (χ4v) is 3.97. The number of ether oxygens (including phenoxy) is 1. The Balaban J connectivity index is 2.02. The molecule has 0 aromatic heterocycles. The lowest BCUT2D eigenvalue weighted by Gasteiger charge is -2.18. The molecule has 2 N–H and O–H groups in total. The molecule has 1 fully saturated rings. The van der Waals surface area contributed by atoms with Crippen LogP contribution in [0.4, 0.5) is 0 Å². The van der Waals surface area contributed by atoms with E-state index in [2.05, 4.69) is 18.6 Å². The van der Waals surface area contributed by atoms with Gasteiger partial charge in [0, 0.05) is 6.04 Å². The number of hydrogen-bond donors (Lipinski definition) is 2. The van der Waals surface area contributed by atoms with Gasteiger partial charge >= 0.3 is 0 Å². The van der Waals surface area contributed by atoms with E-state index < -0.39 is 10.0 Å². The quantitative estimate of drug-likeness (QED) is 0.841. The summed E-state index contributed by atoms with van der Waals surface area (Å²) in [5, 5.41) is 8.68. The molecule has 1 atom stereocenters. The van der Waals surface area contributed by atoms with E-state index in [0.29, 0.717) is 5.75 Å². The maximum absolute atomic E-state index is 12.3. The summed E-state index contributed by atoms with van der Waals surface area (Å²) >= 11 is 0. The number of aliphatic hydroxyl groups is 1. The van der Waals surface area contributed by atoms with Crippen LogP contribution in [0.25, 0.3) is 0 Å². The van der Waals surface area contributed by atoms with Crippen molar-refractivity contribution in [3.8, 4) is 5.75 Å². The molecule has 0 spiro atoms. The molecule has 1 unspecified atom stereocenters. The molecule has 1 aliphatic carbocycles. The summed E-state index contributed by atoms with van der Waals surface area (Å²) in [4.78, 5) is 0.239. The van der Waals surface area contributed by atoms with Crippen molar-refractivity contribution in [1.29, 1.82) is 0 Å². The predicted octanol–water partition coefficient (Wildman–Crippen LogP) is 1.91. The SMILES string of the molecule is CC1(C)CCC(NS(=O)(=O)c2ccc(OCCO)cc2)C1. The first kappa shape index (κ1) is 16.3. The van der Waals surface area contributed by atoms with E-state index >= 15 is 0 Å². The summed E-state index contributed by atoms with van der Waals surface area (Å²) in [6, 6.07) is 6.26.